The number of ether oxygens (including phenoxy) is 3. The summed E-state index contributed by atoms with van der Waals surface area (Å²) in [6.07, 6.45) is 10.5. The zero-order valence-corrected chi connectivity index (χ0v) is 20.4. The number of epoxide rings is 1. The number of hydrogen-bond acceptors (Lipinski definition) is 4. The van der Waals surface area contributed by atoms with Gasteiger partial charge in [-0.2, -0.15) is 0 Å². The van der Waals surface area contributed by atoms with E-state index in [2.05, 4.69) is 34.3 Å². The van der Waals surface area contributed by atoms with Crippen LogP contribution in [0.25, 0.3) is 0 Å². The molecule has 0 aromatic rings. The third-order valence-corrected chi connectivity index (χ3v) is 12.2. The van der Waals surface area contributed by atoms with Crippen molar-refractivity contribution in [2.75, 3.05) is 0 Å². The molecular weight excluding hydrogens is 400 g/mol. The van der Waals surface area contributed by atoms with Crippen molar-refractivity contribution in [2.45, 2.75) is 121 Å². The van der Waals surface area contributed by atoms with Crippen molar-refractivity contribution in [2.24, 2.45) is 40.4 Å². The van der Waals surface area contributed by atoms with Gasteiger partial charge in [-0.15, -0.1) is 0 Å². The summed E-state index contributed by atoms with van der Waals surface area (Å²) in [5.41, 5.74) is 1.73. The topological polar surface area (TPSA) is 51.2 Å². The van der Waals surface area contributed by atoms with Gasteiger partial charge in [0.15, 0.2) is 6.29 Å². The Balaban J connectivity index is 1.21. The molecule has 4 nitrogen and oxygen atoms in total. The second kappa shape index (κ2) is 6.22. The average Bonchev–Trinajstić information content (AvgIpc) is 3.15. The van der Waals surface area contributed by atoms with Gasteiger partial charge in [0.2, 0.25) is 0 Å². The molecule has 4 aliphatic carbocycles. The van der Waals surface area contributed by atoms with Gasteiger partial charge in [0.25, 0.3) is 0 Å². The van der Waals surface area contributed by atoms with E-state index in [1.54, 1.807) is 0 Å². The van der Waals surface area contributed by atoms with Crippen LogP contribution in [0, 0.1) is 40.4 Å². The van der Waals surface area contributed by atoms with Crippen molar-refractivity contribution in [1.82, 2.24) is 0 Å². The van der Waals surface area contributed by atoms with Gasteiger partial charge in [-0.05, 0) is 87.9 Å². The van der Waals surface area contributed by atoms with Crippen LogP contribution < -0.4 is 0 Å². The van der Waals surface area contributed by atoms with Crippen LogP contribution in [0.1, 0.15) is 85.5 Å². The van der Waals surface area contributed by atoms with Crippen molar-refractivity contribution < 1.29 is 19.3 Å². The molecule has 7 fully saturated rings. The molecule has 3 heterocycles. The van der Waals surface area contributed by atoms with E-state index in [0.29, 0.717) is 47.2 Å². The molecule has 3 saturated heterocycles. The molecule has 7 rings (SSSR count). The van der Waals surface area contributed by atoms with Crippen LogP contribution in [-0.4, -0.2) is 40.9 Å². The summed E-state index contributed by atoms with van der Waals surface area (Å²) in [5, 5.41) is 10.4. The first-order chi connectivity index (χ1) is 15.1. The quantitative estimate of drug-likeness (QED) is 0.478. The number of fused-ring (bicyclic) bond motifs is 2. The van der Waals surface area contributed by atoms with Crippen LogP contribution in [0.2, 0.25) is 0 Å². The lowest BCUT2D eigenvalue weighted by atomic mass is 9.44. The molecule has 7 aliphatic rings. The maximum Gasteiger partial charge on any atom is 0.165 e. The minimum Gasteiger partial charge on any atom is -0.393 e. The van der Waals surface area contributed by atoms with E-state index in [-0.39, 0.29) is 29.0 Å². The number of aliphatic hydroxyl groups excluding tert-OH is 1. The van der Waals surface area contributed by atoms with E-state index in [9.17, 15) is 5.11 Å². The summed E-state index contributed by atoms with van der Waals surface area (Å²) in [5.74, 6) is 2.87. The van der Waals surface area contributed by atoms with Crippen LogP contribution >= 0.6 is 0 Å². The zero-order chi connectivity index (χ0) is 22.3. The third-order valence-electron chi connectivity index (χ3n) is 12.2. The van der Waals surface area contributed by atoms with Gasteiger partial charge < -0.3 is 19.3 Å². The highest BCUT2D eigenvalue weighted by Crippen LogP contribution is 2.81. The van der Waals surface area contributed by atoms with Gasteiger partial charge in [0.1, 0.15) is 5.60 Å². The zero-order valence-electron chi connectivity index (χ0n) is 20.4. The Kier molecular flexibility index (Phi) is 4.07. The lowest BCUT2D eigenvalue weighted by molar-refractivity contribution is -0.175. The molecule has 1 N–H and O–H groups in total. The van der Waals surface area contributed by atoms with Gasteiger partial charge in [0.05, 0.1) is 23.9 Å². The van der Waals surface area contributed by atoms with Crippen molar-refractivity contribution in [3.63, 3.8) is 0 Å². The standard InChI is InChI=1S/C28H42O4/c1-15(2)16(3)6-10-26(5)21-14-19-23-27(21,24(30-19)32-26)11-8-20-25(4)9-7-18(29)12-17(25)13-22-28(20,23)31-22/h15,17-24,29H,3,6-14H2,1-2,4-5H3/t17-,18+,19-,20-,21-,22+,23-,24+,25+,26+,27?,28-/m1/s1. The summed E-state index contributed by atoms with van der Waals surface area (Å²) in [7, 11) is 0. The first kappa shape index (κ1) is 20.9. The first-order valence-corrected chi connectivity index (χ1v) is 13.5. The SMILES string of the molecule is C=C(CC[C@]1(C)O[C@@H]2O[C@@H]3C[C@H]1C21CC[C@@H]2[C@@]4(C)CC[C@H](O)C[C@@H]4C[C@@H]4O[C@@]42[C@H]31)C(C)C. The monoisotopic (exact) mass is 442 g/mol. The molecule has 0 amide bonds. The fourth-order valence-electron chi connectivity index (χ4n) is 10.4. The van der Waals surface area contributed by atoms with Gasteiger partial charge in [-0.25, -0.2) is 0 Å². The predicted octanol–water partition coefficient (Wildman–Crippen LogP) is 5.23. The molecule has 178 valence electrons. The fourth-order valence-corrected chi connectivity index (χ4v) is 10.4. The minimum atomic E-state index is -0.106. The Morgan fingerprint density at radius 3 is 2.66 bits per heavy atom. The van der Waals surface area contributed by atoms with Crippen molar-refractivity contribution >= 4 is 0 Å². The second-order valence-electron chi connectivity index (χ2n) is 13.5. The molecule has 0 radical (unpaired) electrons. The number of hydrogen-bond donors (Lipinski definition) is 1. The van der Waals surface area contributed by atoms with Crippen molar-refractivity contribution in [1.29, 1.82) is 0 Å². The highest BCUT2D eigenvalue weighted by molar-refractivity contribution is 5.33. The molecule has 2 spiro atoms. The van der Waals surface area contributed by atoms with Crippen molar-refractivity contribution in [3.05, 3.63) is 12.2 Å². The van der Waals surface area contributed by atoms with Crippen LogP contribution in [0.4, 0.5) is 0 Å². The van der Waals surface area contributed by atoms with E-state index < -0.39 is 0 Å². The van der Waals surface area contributed by atoms with Crippen molar-refractivity contribution in [3.8, 4) is 0 Å². The molecule has 0 aromatic heterocycles. The van der Waals surface area contributed by atoms with E-state index in [4.69, 9.17) is 14.2 Å². The van der Waals surface area contributed by atoms with E-state index >= 15 is 0 Å². The van der Waals surface area contributed by atoms with Gasteiger partial charge in [0, 0.05) is 17.3 Å². The first-order valence-electron chi connectivity index (χ1n) is 13.5. The summed E-state index contributed by atoms with van der Waals surface area (Å²) in [4.78, 5) is 0. The van der Waals surface area contributed by atoms with E-state index in [1.165, 1.54) is 18.4 Å². The lowest BCUT2D eigenvalue weighted by Crippen LogP contribution is -2.60. The lowest BCUT2D eigenvalue weighted by Gasteiger charge is -2.58. The van der Waals surface area contributed by atoms with Gasteiger partial charge in [-0.3, -0.25) is 0 Å². The third kappa shape index (κ3) is 2.25. The van der Waals surface area contributed by atoms with Gasteiger partial charge in [-0.1, -0.05) is 32.9 Å². The number of rotatable bonds is 4. The normalized spacial score (nSPS) is 61.2. The van der Waals surface area contributed by atoms with E-state index in [0.717, 1.165) is 44.9 Å². The molecule has 1 unspecified atom stereocenters. The number of allylic oxidation sites excluding steroid dienone is 1. The van der Waals surface area contributed by atoms with Crippen LogP contribution in [0.3, 0.4) is 0 Å². The van der Waals surface area contributed by atoms with Crippen LogP contribution in [-0.2, 0) is 14.2 Å². The predicted molar refractivity (Wildman–Crippen MR) is 122 cm³/mol. The molecule has 0 aromatic carbocycles. The Labute approximate surface area is 193 Å². The summed E-state index contributed by atoms with van der Waals surface area (Å²) in [6, 6.07) is 0. The fraction of sp³-hybridized carbons (Fsp3) is 0.929. The minimum absolute atomic E-state index is 0.0239. The Morgan fingerprint density at radius 1 is 1.06 bits per heavy atom. The smallest absolute Gasteiger partial charge is 0.165 e. The maximum absolute atomic E-state index is 10.4. The Morgan fingerprint density at radius 2 is 1.88 bits per heavy atom. The molecule has 12 atom stereocenters. The highest BCUT2D eigenvalue weighted by atomic mass is 16.7. The second-order valence-corrected chi connectivity index (χ2v) is 13.5. The summed E-state index contributed by atoms with van der Waals surface area (Å²) < 4.78 is 20.4. The maximum atomic E-state index is 10.4. The summed E-state index contributed by atoms with van der Waals surface area (Å²) in [6.45, 7) is 13.7. The summed E-state index contributed by atoms with van der Waals surface area (Å²) >= 11 is 0. The van der Waals surface area contributed by atoms with Gasteiger partial charge >= 0.3 is 0 Å². The van der Waals surface area contributed by atoms with E-state index in [1.807, 2.05) is 0 Å². The molecular formula is C28H42O4. The Hall–Kier alpha value is -0.420. The highest BCUT2D eigenvalue weighted by Gasteiger charge is 2.87. The molecule has 4 saturated carbocycles. The van der Waals surface area contributed by atoms with Crippen LogP contribution in [0.15, 0.2) is 12.2 Å². The Bertz CT molecular complexity index is 854. The molecule has 4 heteroatoms. The average molecular weight is 443 g/mol. The number of aliphatic hydroxyl groups is 1. The largest absolute Gasteiger partial charge is 0.393 e. The van der Waals surface area contributed by atoms with Crippen LogP contribution in [0.5, 0.6) is 0 Å². The molecule has 32 heavy (non-hydrogen) atoms. The molecule has 3 aliphatic heterocycles. The molecule has 2 bridgehead atoms.